The van der Waals surface area contributed by atoms with E-state index in [1.165, 1.54) is 16.6 Å². The highest BCUT2D eigenvalue weighted by atomic mass is 19.1. The summed E-state index contributed by atoms with van der Waals surface area (Å²) in [6.07, 6.45) is -0.643. The number of amides is 1. The van der Waals surface area contributed by atoms with Gasteiger partial charge in [0.1, 0.15) is 18.2 Å². The molecule has 4 rings (SSSR count). The lowest BCUT2D eigenvalue weighted by molar-refractivity contribution is -0.127. The fraction of sp³-hybridized carbons (Fsp3) is 0.250. The van der Waals surface area contributed by atoms with Gasteiger partial charge in [0.05, 0.1) is 6.54 Å². The molecule has 170 valence electrons. The minimum atomic E-state index is -0.643. The van der Waals surface area contributed by atoms with Crippen LogP contribution in [0.4, 0.5) is 4.39 Å². The fourth-order valence-electron chi connectivity index (χ4n) is 3.20. The Labute approximate surface area is 190 Å². The Kier molecular flexibility index (Phi) is 6.48. The molecule has 0 radical (unpaired) electrons. The van der Waals surface area contributed by atoms with Crippen LogP contribution < -0.4 is 14.8 Å². The molecule has 1 N–H and O–H groups in total. The zero-order valence-electron chi connectivity index (χ0n) is 18.6. The van der Waals surface area contributed by atoms with E-state index in [2.05, 4.69) is 20.6 Å². The topological polar surface area (TPSA) is 90.6 Å². The maximum absolute atomic E-state index is 13.2. The van der Waals surface area contributed by atoms with Gasteiger partial charge in [-0.2, -0.15) is 4.52 Å². The number of benzene rings is 2. The van der Waals surface area contributed by atoms with Crippen molar-refractivity contribution in [2.24, 2.45) is 0 Å². The molecule has 0 aliphatic carbocycles. The molecular formula is C24H24FN5O3. The van der Waals surface area contributed by atoms with Gasteiger partial charge in [-0.15, -0.1) is 15.3 Å². The summed E-state index contributed by atoms with van der Waals surface area (Å²) in [6, 6.07) is 15.1. The largest absolute Gasteiger partial charge is 0.481 e. The number of carbonyl (C=O) groups excluding carboxylic acids is 1. The second kappa shape index (κ2) is 9.64. The number of nitrogens with zero attached hydrogens (tertiary/aromatic N) is 4. The molecule has 0 spiro atoms. The van der Waals surface area contributed by atoms with E-state index in [0.29, 0.717) is 28.7 Å². The van der Waals surface area contributed by atoms with Crippen molar-refractivity contribution in [2.75, 3.05) is 13.2 Å². The molecule has 1 amide bonds. The molecule has 33 heavy (non-hydrogen) atoms. The average Bonchev–Trinajstić information content (AvgIpc) is 3.23. The van der Waals surface area contributed by atoms with E-state index in [1.54, 1.807) is 31.2 Å². The van der Waals surface area contributed by atoms with Crippen LogP contribution in [0.2, 0.25) is 0 Å². The molecule has 0 saturated heterocycles. The molecule has 0 fully saturated rings. The molecule has 0 bridgehead atoms. The van der Waals surface area contributed by atoms with Crippen LogP contribution in [-0.4, -0.2) is 45.0 Å². The van der Waals surface area contributed by atoms with Crippen molar-refractivity contribution in [3.63, 3.8) is 0 Å². The number of fused-ring (bicyclic) bond motifs is 1. The fourth-order valence-corrected chi connectivity index (χ4v) is 3.20. The van der Waals surface area contributed by atoms with Crippen LogP contribution in [0.1, 0.15) is 18.1 Å². The van der Waals surface area contributed by atoms with Crippen molar-refractivity contribution < 1.29 is 18.7 Å². The maximum Gasteiger partial charge on any atom is 0.260 e. The third-order valence-corrected chi connectivity index (χ3v) is 5.22. The molecular weight excluding hydrogens is 425 g/mol. The second-order valence-electron chi connectivity index (χ2n) is 7.57. The normalized spacial score (nSPS) is 11.9. The zero-order chi connectivity index (χ0) is 23.4. The van der Waals surface area contributed by atoms with Gasteiger partial charge in [-0.25, -0.2) is 4.39 Å². The lowest BCUT2D eigenvalue weighted by atomic mass is 10.1. The van der Waals surface area contributed by atoms with Crippen LogP contribution in [0.15, 0.2) is 54.6 Å². The Morgan fingerprint density at radius 1 is 1.09 bits per heavy atom. The Morgan fingerprint density at radius 2 is 1.88 bits per heavy atom. The predicted octanol–water partition coefficient (Wildman–Crippen LogP) is 3.51. The number of aryl methyl sites for hydroxylation is 1. The van der Waals surface area contributed by atoms with Crippen LogP contribution in [-0.2, 0) is 4.79 Å². The monoisotopic (exact) mass is 449 g/mol. The Bertz CT molecular complexity index is 1270. The van der Waals surface area contributed by atoms with Crippen LogP contribution in [0.25, 0.3) is 17.0 Å². The van der Waals surface area contributed by atoms with E-state index < -0.39 is 6.10 Å². The summed E-state index contributed by atoms with van der Waals surface area (Å²) in [5.41, 5.74) is 3.33. The summed E-state index contributed by atoms with van der Waals surface area (Å²) < 4.78 is 26.2. The molecule has 1 atom stereocenters. The lowest BCUT2D eigenvalue weighted by Gasteiger charge is -2.17. The van der Waals surface area contributed by atoms with Gasteiger partial charge in [0.25, 0.3) is 5.91 Å². The summed E-state index contributed by atoms with van der Waals surface area (Å²) in [6.45, 7) is 6.17. The number of aromatic nitrogens is 4. The minimum Gasteiger partial charge on any atom is -0.481 e. The molecule has 0 aliphatic rings. The van der Waals surface area contributed by atoms with Crippen molar-refractivity contribution in [1.29, 1.82) is 0 Å². The van der Waals surface area contributed by atoms with Gasteiger partial charge in [-0.05, 0) is 68.3 Å². The highest BCUT2D eigenvalue weighted by Crippen LogP contribution is 2.22. The van der Waals surface area contributed by atoms with E-state index in [0.717, 1.165) is 11.1 Å². The van der Waals surface area contributed by atoms with E-state index >= 15 is 0 Å². The quantitative estimate of drug-likeness (QED) is 0.414. The van der Waals surface area contributed by atoms with Crippen molar-refractivity contribution in [2.45, 2.75) is 26.9 Å². The van der Waals surface area contributed by atoms with Crippen LogP contribution in [0.3, 0.4) is 0 Å². The first-order valence-electron chi connectivity index (χ1n) is 10.5. The molecule has 8 nitrogen and oxygen atoms in total. The number of hydrogen-bond acceptors (Lipinski definition) is 6. The molecule has 0 saturated carbocycles. The number of ether oxygens (including phenoxy) is 2. The van der Waals surface area contributed by atoms with Crippen LogP contribution >= 0.6 is 0 Å². The Hall–Kier alpha value is -4.01. The third-order valence-electron chi connectivity index (χ3n) is 5.22. The first kappa shape index (κ1) is 22.2. The second-order valence-corrected chi connectivity index (χ2v) is 7.57. The van der Waals surface area contributed by atoms with E-state index in [1.807, 2.05) is 32.0 Å². The number of rotatable bonds is 8. The molecule has 9 heteroatoms. The molecule has 2 heterocycles. The van der Waals surface area contributed by atoms with Gasteiger partial charge in [0, 0.05) is 11.6 Å². The average molecular weight is 449 g/mol. The molecule has 2 aromatic heterocycles. The zero-order valence-corrected chi connectivity index (χ0v) is 18.6. The molecule has 0 aliphatic heterocycles. The smallest absolute Gasteiger partial charge is 0.260 e. The summed E-state index contributed by atoms with van der Waals surface area (Å²) in [4.78, 5) is 12.4. The van der Waals surface area contributed by atoms with Gasteiger partial charge in [0.15, 0.2) is 17.6 Å². The van der Waals surface area contributed by atoms with Crippen LogP contribution in [0, 0.1) is 19.7 Å². The maximum atomic E-state index is 13.2. The van der Waals surface area contributed by atoms with Crippen molar-refractivity contribution in [3.05, 3.63) is 71.5 Å². The van der Waals surface area contributed by atoms with Crippen LogP contribution in [0.5, 0.6) is 11.6 Å². The highest BCUT2D eigenvalue weighted by molar-refractivity contribution is 5.80. The Morgan fingerprint density at radius 3 is 2.67 bits per heavy atom. The lowest BCUT2D eigenvalue weighted by Crippen LogP contribution is -2.38. The van der Waals surface area contributed by atoms with Gasteiger partial charge >= 0.3 is 0 Å². The molecule has 2 aromatic carbocycles. The molecule has 4 aromatic rings. The first-order chi connectivity index (χ1) is 15.9. The highest BCUT2D eigenvalue weighted by Gasteiger charge is 2.16. The molecule has 1 unspecified atom stereocenters. The minimum absolute atomic E-state index is 0.217. The van der Waals surface area contributed by atoms with E-state index in [4.69, 9.17) is 9.47 Å². The van der Waals surface area contributed by atoms with E-state index in [9.17, 15) is 9.18 Å². The van der Waals surface area contributed by atoms with Gasteiger partial charge in [0.2, 0.25) is 5.88 Å². The summed E-state index contributed by atoms with van der Waals surface area (Å²) in [7, 11) is 0. The van der Waals surface area contributed by atoms with Crippen molar-refractivity contribution in [3.8, 4) is 23.0 Å². The van der Waals surface area contributed by atoms with Gasteiger partial charge < -0.3 is 14.8 Å². The number of carbonyl (C=O) groups is 1. The van der Waals surface area contributed by atoms with Crippen molar-refractivity contribution in [1.82, 2.24) is 25.1 Å². The summed E-state index contributed by atoms with van der Waals surface area (Å²) in [5, 5.41) is 15.4. The number of halogens is 1. The van der Waals surface area contributed by atoms with E-state index in [-0.39, 0.29) is 24.9 Å². The number of nitrogens with one attached hydrogen (secondary N) is 1. The number of hydrogen-bond donors (Lipinski definition) is 1. The van der Waals surface area contributed by atoms with Gasteiger partial charge in [-0.1, -0.05) is 12.1 Å². The first-order valence-corrected chi connectivity index (χ1v) is 10.5. The SMILES string of the molecule is Cc1cccc(OC(C)C(=O)NCCOc2ccc3nnc(-c4ccc(F)cc4)n3n2)c1C. The standard InChI is InChI=1S/C24H24FN5O3/c1-15-5-4-6-20(16(15)2)33-17(3)24(31)26-13-14-32-22-12-11-21-27-28-23(30(21)29-22)18-7-9-19(25)10-8-18/h4-12,17H,13-14H2,1-3H3,(H,26,31). The van der Waals surface area contributed by atoms with Crippen molar-refractivity contribution >= 4 is 11.6 Å². The predicted molar refractivity (Wildman–Crippen MR) is 121 cm³/mol. The van der Waals surface area contributed by atoms with Gasteiger partial charge in [-0.3, -0.25) is 4.79 Å². The third kappa shape index (κ3) is 5.08. The Balaban J connectivity index is 1.32. The summed E-state index contributed by atoms with van der Waals surface area (Å²) in [5.74, 6) is 0.943. The summed E-state index contributed by atoms with van der Waals surface area (Å²) >= 11 is 0.